The molecule has 2 aliphatic rings. The maximum Gasteiger partial charge on any atom is 0.339 e. The number of carbonyl (C=O) groups is 3. The largest absolute Gasteiger partial charge is 0.467 e. The topological polar surface area (TPSA) is 82.1 Å². The highest BCUT2D eigenvalue weighted by molar-refractivity contribution is 6.15. The fourth-order valence-electron chi connectivity index (χ4n) is 4.75. The number of hydrogen-bond donors (Lipinski definition) is 0. The Morgan fingerprint density at radius 1 is 1.23 bits per heavy atom. The van der Waals surface area contributed by atoms with Crippen molar-refractivity contribution in [2.24, 2.45) is 5.41 Å². The molecule has 1 fully saturated rings. The van der Waals surface area contributed by atoms with Crippen LogP contribution < -0.4 is 0 Å². The van der Waals surface area contributed by atoms with Gasteiger partial charge in [-0.25, -0.2) is 4.79 Å². The lowest BCUT2D eigenvalue weighted by molar-refractivity contribution is -0.152. The number of amides is 1. The Morgan fingerprint density at radius 2 is 1.90 bits per heavy atom. The molecule has 0 unspecified atom stereocenters. The van der Waals surface area contributed by atoms with E-state index >= 15 is 0 Å². The van der Waals surface area contributed by atoms with Gasteiger partial charge in [-0.15, -0.1) is 0 Å². The lowest BCUT2D eigenvalue weighted by Gasteiger charge is -2.36. The summed E-state index contributed by atoms with van der Waals surface area (Å²) in [6.45, 7) is 7.92. The number of esters is 2. The molecular formula is C24H27NO6. The monoisotopic (exact) mass is 425 g/mol. The van der Waals surface area contributed by atoms with Crippen molar-refractivity contribution >= 4 is 28.6 Å². The number of ether oxygens (including phenoxy) is 3. The van der Waals surface area contributed by atoms with E-state index in [1.165, 1.54) is 12.0 Å². The van der Waals surface area contributed by atoms with Crippen molar-refractivity contribution in [1.82, 2.24) is 4.90 Å². The van der Waals surface area contributed by atoms with E-state index < -0.39 is 23.2 Å². The summed E-state index contributed by atoms with van der Waals surface area (Å²) in [5.41, 5.74) is -0.117. The molecule has 164 valence electrons. The fraction of sp³-hybridized carbons (Fsp3) is 0.458. The Morgan fingerprint density at radius 3 is 2.52 bits per heavy atom. The minimum absolute atomic E-state index is 0.00244. The molecule has 1 saturated heterocycles. The van der Waals surface area contributed by atoms with E-state index in [-0.39, 0.29) is 31.5 Å². The van der Waals surface area contributed by atoms with Gasteiger partial charge in [-0.2, -0.15) is 0 Å². The van der Waals surface area contributed by atoms with Gasteiger partial charge in [0, 0.05) is 11.0 Å². The van der Waals surface area contributed by atoms with Crippen LogP contribution >= 0.6 is 0 Å². The number of methoxy groups -OCH3 is 1. The van der Waals surface area contributed by atoms with Crippen LogP contribution in [0.4, 0.5) is 0 Å². The van der Waals surface area contributed by atoms with E-state index in [0.29, 0.717) is 22.1 Å². The number of fused-ring (bicyclic) bond motifs is 5. The molecule has 2 aromatic rings. The second-order valence-corrected chi connectivity index (χ2v) is 9.04. The zero-order valence-corrected chi connectivity index (χ0v) is 18.5. The van der Waals surface area contributed by atoms with E-state index in [9.17, 15) is 14.4 Å². The quantitative estimate of drug-likeness (QED) is 0.700. The highest BCUT2D eigenvalue weighted by Gasteiger charge is 2.65. The summed E-state index contributed by atoms with van der Waals surface area (Å²) in [6.07, 6.45) is -0.560. The van der Waals surface area contributed by atoms with Gasteiger partial charge in [0.05, 0.1) is 32.3 Å². The summed E-state index contributed by atoms with van der Waals surface area (Å²) in [5.74, 6) is -1.18. The molecule has 2 aliphatic heterocycles. The van der Waals surface area contributed by atoms with E-state index in [4.69, 9.17) is 14.2 Å². The normalized spacial score (nSPS) is 22.4. The first-order valence-electron chi connectivity index (χ1n) is 10.4. The fourth-order valence-corrected chi connectivity index (χ4v) is 4.75. The highest BCUT2D eigenvalue weighted by atomic mass is 16.6. The van der Waals surface area contributed by atoms with Gasteiger partial charge in [0.15, 0.2) is 5.54 Å². The average molecular weight is 425 g/mol. The molecule has 0 bridgehead atoms. The minimum atomic E-state index is -1.38. The average Bonchev–Trinajstić information content (AvgIpc) is 3.24. The number of hydrogen-bond acceptors (Lipinski definition) is 6. The molecule has 0 aliphatic carbocycles. The Bertz CT molecular complexity index is 1090. The molecule has 31 heavy (non-hydrogen) atoms. The van der Waals surface area contributed by atoms with Crippen molar-refractivity contribution in [2.75, 3.05) is 20.3 Å². The number of benzene rings is 2. The van der Waals surface area contributed by atoms with Crippen LogP contribution in [0.2, 0.25) is 0 Å². The van der Waals surface area contributed by atoms with Crippen LogP contribution in [0, 0.1) is 5.41 Å². The van der Waals surface area contributed by atoms with Gasteiger partial charge in [0.1, 0.15) is 6.23 Å². The second kappa shape index (κ2) is 7.34. The van der Waals surface area contributed by atoms with E-state index in [1.54, 1.807) is 13.0 Å². The van der Waals surface area contributed by atoms with Crippen LogP contribution in [-0.2, 0) is 35.8 Å². The van der Waals surface area contributed by atoms with Gasteiger partial charge in [-0.3, -0.25) is 14.5 Å². The van der Waals surface area contributed by atoms with E-state index in [1.807, 2.05) is 45.0 Å². The third-order valence-electron chi connectivity index (χ3n) is 6.01. The molecule has 2 atom stereocenters. The van der Waals surface area contributed by atoms with Crippen molar-refractivity contribution in [3.05, 3.63) is 47.0 Å². The lowest BCUT2D eigenvalue weighted by atomic mass is 9.85. The van der Waals surface area contributed by atoms with Crippen LogP contribution in [0.25, 0.3) is 10.8 Å². The maximum absolute atomic E-state index is 13.8. The summed E-state index contributed by atoms with van der Waals surface area (Å²) < 4.78 is 16.3. The van der Waals surface area contributed by atoms with Crippen LogP contribution in [0.3, 0.4) is 0 Å². The van der Waals surface area contributed by atoms with Gasteiger partial charge in [-0.1, -0.05) is 51.1 Å². The van der Waals surface area contributed by atoms with Crippen molar-refractivity contribution in [2.45, 2.75) is 45.9 Å². The first kappa shape index (κ1) is 21.3. The first-order chi connectivity index (χ1) is 14.7. The molecule has 4 rings (SSSR count). The summed E-state index contributed by atoms with van der Waals surface area (Å²) in [6, 6.07) is 9.21. The number of carbonyl (C=O) groups excluding carboxylic acids is 3. The molecule has 0 spiro atoms. The molecule has 2 heterocycles. The maximum atomic E-state index is 13.8. The lowest BCUT2D eigenvalue weighted by Crippen LogP contribution is -2.53. The molecule has 7 heteroatoms. The molecule has 0 N–H and O–H groups in total. The standard InChI is InChI=1S/C24H27NO6/c1-6-30-18(26)12-14-11-17-19(16-10-8-7-9-15(14)16)20(27)25-21(23(2,3)4)31-13-24(17,25)22(28)29-5/h7-11,21H,6,12-13H2,1-5H3/t21-,24-/m1/s1. The summed E-state index contributed by atoms with van der Waals surface area (Å²) in [5, 5.41) is 1.49. The predicted octanol–water partition coefficient (Wildman–Crippen LogP) is 3.17. The highest BCUT2D eigenvalue weighted by Crippen LogP contribution is 2.51. The third kappa shape index (κ3) is 3.02. The van der Waals surface area contributed by atoms with Crippen LogP contribution in [0.1, 0.15) is 49.2 Å². The van der Waals surface area contributed by atoms with Crippen LogP contribution in [-0.4, -0.2) is 49.3 Å². The molecular weight excluding hydrogens is 398 g/mol. The Kier molecular flexibility index (Phi) is 5.04. The SMILES string of the molecule is CCOC(=O)Cc1cc2c(c3ccccc13)C(=O)N1[C@@H](C(C)(C)C)OC[C@]21C(=O)OC. The first-order valence-corrected chi connectivity index (χ1v) is 10.4. The van der Waals surface area contributed by atoms with Gasteiger partial charge in [-0.05, 0) is 23.3 Å². The molecule has 0 radical (unpaired) electrons. The van der Waals surface area contributed by atoms with Crippen LogP contribution in [0.15, 0.2) is 30.3 Å². The summed E-state index contributed by atoms with van der Waals surface area (Å²) in [7, 11) is 1.31. The second-order valence-electron chi connectivity index (χ2n) is 9.04. The molecule has 7 nitrogen and oxygen atoms in total. The zero-order chi connectivity index (χ0) is 22.6. The van der Waals surface area contributed by atoms with Gasteiger partial charge in [0.25, 0.3) is 5.91 Å². The Labute approximate surface area is 181 Å². The smallest absolute Gasteiger partial charge is 0.339 e. The number of nitrogens with zero attached hydrogens (tertiary/aromatic N) is 1. The summed E-state index contributed by atoms with van der Waals surface area (Å²) in [4.78, 5) is 40.8. The molecule has 2 aromatic carbocycles. The molecule has 0 saturated carbocycles. The minimum Gasteiger partial charge on any atom is -0.467 e. The van der Waals surface area contributed by atoms with Crippen molar-refractivity contribution in [3.63, 3.8) is 0 Å². The van der Waals surface area contributed by atoms with Gasteiger partial charge in [0.2, 0.25) is 0 Å². The van der Waals surface area contributed by atoms with Gasteiger partial charge < -0.3 is 14.2 Å². The Hall–Kier alpha value is -2.93. The predicted molar refractivity (Wildman–Crippen MR) is 113 cm³/mol. The number of rotatable bonds is 4. The molecule has 1 amide bonds. The van der Waals surface area contributed by atoms with Crippen molar-refractivity contribution < 1.29 is 28.6 Å². The Balaban J connectivity index is 2.00. The molecule has 0 aromatic heterocycles. The van der Waals surface area contributed by atoms with Crippen molar-refractivity contribution in [1.29, 1.82) is 0 Å². The third-order valence-corrected chi connectivity index (χ3v) is 6.01. The zero-order valence-electron chi connectivity index (χ0n) is 18.5. The van der Waals surface area contributed by atoms with Crippen molar-refractivity contribution in [3.8, 4) is 0 Å². The van der Waals surface area contributed by atoms with Gasteiger partial charge >= 0.3 is 11.9 Å². The van der Waals surface area contributed by atoms with E-state index in [2.05, 4.69) is 0 Å². The van der Waals surface area contributed by atoms with Crippen LogP contribution in [0.5, 0.6) is 0 Å². The van der Waals surface area contributed by atoms with E-state index in [0.717, 1.165) is 5.39 Å². The summed E-state index contributed by atoms with van der Waals surface area (Å²) >= 11 is 0.